The van der Waals surface area contributed by atoms with Gasteiger partial charge in [-0.15, -0.1) is 0 Å². The van der Waals surface area contributed by atoms with Crippen molar-refractivity contribution in [2.75, 3.05) is 13.7 Å². The van der Waals surface area contributed by atoms with Crippen LogP contribution in [0.2, 0.25) is 5.02 Å². The maximum atomic E-state index is 13.5. The summed E-state index contributed by atoms with van der Waals surface area (Å²) in [5.41, 5.74) is 5.64. The molecule has 1 aromatic carbocycles. The summed E-state index contributed by atoms with van der Waals surface area (Å²) in [7, 11) is 1.43. The van der Waals surface area contributed by atoms with Crippen LogP contribution in [0, 0.1) is 5.82 Å². The average Bonchev–Trinajstić information content (AvgIpc) is 2.37. The zero-order chi connectivity index (χ0) is 16.2. The van der Waals surface area contributed by atoms with Gasteiger partial charge in [0.15, 0.2) is 0 Å². The SMILES string of the molecule is COc1ccc(F)c(Cl)c1C(N)CNC(=O)OC(C)(C)C. The van der Waals surface area contributed by atoms with Crippen molar-refractivity contribution < 1.29 is 18.7 Å². The first kappa shape index (κ1) is 17.5. The van der Waals surface area contributed by atoms with Crippen LogP contribution in [-0.2, 0) is 4.74 Å². The van der Waals surface area contributed by atoms with E-state index in [1.54, 1.807) is 20.8 Å². The summed E-state index contributed by atoms with van der Waals surface area (Å²) in [6.07, 6.45) is -0.607. The van der Waals surface area contributed by atoms with Crippen LogP contribution in [0.5, 0.6) is 5.75 Å². The smallest absolute Gasteiger partial charge is 0.407 e. The van der Waals surface area contributed by atoms with Crippen molar-refractivity contribution in [3.05, 3.63) is 28.5 Å². The molecule has 118 valence electrons. The van der Waals surface area contributed by atoms with Crippen LogP contribution in [0.1, 0.15) is 32.4 Å². The number of nitrogens with two attached hydrogens (primary N) is 1. The second-order valence-corrected chi connectivity index (χ2v) is 5.84. The molecule has 21 heavy (non-hydrogen) atoms. The van der Waals surface area contributed by atoms with E-state index in [1.807, 2.05) is 0 Å². The minimum absolute atomic E-state index is 0.0362. The molecular formula is C14H20ClFN2O3. The van der Waals surface area contributed by atoms with E-state index in [0.717, 1.165) is 0 Å². The summed E-state index contributed by atoms with van der Waals surface area (Å²) >= 11 is 5.91. The number of alkyl carbamates (subject to hydrolysis) is 1. The first-order valence-electron chi connectivity index (χ1n) is 6.40. The Bertz CT molecular complexity index is 518. The lowest BCUT2D eigenvalue weighted by molar-refractivity contribution is 0.0524. The van der Waals surface area contributed by atoms with Crippen molar-refractivity contribution in [1.82, 2.24) is 5.32 Å². The van der Waals surface area contributed by atoms with Crippen LogP contribution in [0.3, 0.4) is 0 Å². The molecule has 0 heterocycles. The van der Waals surface area contributed by atoms with Gasteiger partial charge >= 0.3 is 6.09 Å². The predicted octanol–water partition coefficient (Wildman–Crippen LogP) is 3.01. The molecule has 1 unspecified atom stereocenters. The number of rotatable bonds is 4. The van der Waals surface area contributed by atoms with Gasteiger partial charge in [0.2, 0.25) is 0 Å². The fraction of sp³-hybridized carbons (Fsp3) is 0.500. The normalized spacial score (nSPS) is 12.7. The summed E-state index contributed by atoms with van der Waals surface area (Å²) in [5.74, 6) is -0.236. The second-order valence-electron chi connectivity index (χ2n) is 5.47. The van der Waals surface area contributed by atoms with E-state index in [-0.39, 0.29) is 11.6 Å². The van der Waals surface area contributed by atoms with Gasteiger partial charge in [0, 0.05) is 12.1 Å². The molecule has 0 bridgehead atoms. The van der Waals surface area contributed by atoms with Crippen molar-refractivity contribution in [3.63, 3.8) is 0 Å². The third-order valence-corrected chi connectivity index (χ3v) is 2.93. The molecule has 0 aromatic heterocycles. The van der Waals surface area contributed by atoms with Crippen LogP contribution in [0.25, 0.3) is 0 Å². The lowest BCUT2D eigenvalue weighted by Gasteiger charge is -2.22. The first-order valence-corrected chi connectivity index (χ1v) is 6.78. The maximum Gasteiger partial charge on any atom is 0.407 e. The van der Waals surface area contributed by atoms with E-state index in [9.17, 15) is 9.18 Å². The lowest BCUT2D eigenvalue weighted by Crippen LogP contribution is -2.36. The number of halogens is 2. The van der Waals surface area contributed by atoms with Crippen molar-refractivity contribution in [2.45, 2.75) is 32.4 Å². The largest absolute Gasteiger partial charge is 0.496 e. The molecule has 0 spiro atoms. The molecule has 1 amide bonds. The van der Waals surface area contributed by atoms with Crippen LogP contribution in [0.4, 0.5) is 9.18 Å². The standard InChI is InChI=1S/C14H20ClFN2O3/c1-14(2,3)21-13(19)18-7-9(17)11-10(20-4)6-5-8(16)12(11)15/h5-6,9H,7,17H2,1-4H3,(H,18,19). The summed E-state index contributed by atoms with van der Waals surface area (Å²) < 4.78 is 23.7. The molecule has 0 fully saturated rings. The van der Waals surface area contributed by atoms with E-state index >= 15 is 0 Å². The van der Waals surface area contributed by atoms with Crippen LogP contribution < -0.4 is 15.8 Å². The molecule has 7 heteroatoms. The zero-order valence-corrected chi connectivity index (χ0v) is 13.3. The van der Waals surface area contributed by atoms with Gasteiger partial charge in [0.1, 0.15) is 17.2 Å². The van der Waals surface area contributed by atoms with Gasteiger partial charge in [0.25, 0.3) is 0 Å². The fourth-order valence-corrected chi connectivity index (χ4v) is 1.98. The highest BCUT2D eigenvalue weighted by Gasteiger charge is 2.21. The third-order valence-electron chi connectivity index (χ3n) is 2.55. The zero-order valence-electron chi connectivity index (χ0n) is 12.5. The van der Waals surface area contributed by atoms with Gasteiger partial charge in [-0.25, -0.2) is 9.18 Å². The third kappa shape index (κ3) is 5.06. The van der Waals surface area contributed by atoms with Crippen LogP contribution >= 0.6 is 11.6 Å². The van der Waals surface area contributed by atoms with Gasteiger partial charge in [-0.05, 0) is 32.9 Å². The topological polar surface area (TPSA) is 73.6 Å². The van der Waals surface area contributed by atoms with Crippen molar-refractivity contribution in [3.8, 4) is 5.75 Å². The quantitative estimate of drug-likeness (QED) is 0.895. The molecule has 0 saturated carbocycles. The minimum Gasteiger partial charge on any atom is -0.496 e. The van der Waals surface area contributed by atoms with Gasteiger partial charge in [-0.1, -0.05) is 11.6 Å². The monoisotopic (exact) mass is 318 g/mol. The molecule has 0 aliphatic carbocycles. The van der Waals surface area contributed by atoms with Crippen molar-refractivity contribution >= 4 is 17.7 Å². The Balaban J connectivity index is 2.79. The number of methoxy groups -OCH3 is 1. The van der Waals surface area contributed by atoms with E-state index in [2.05, 4.69) is 5.32 Å². The van der Waals surface area contributed by atoms with Gasteiger partial charge in [-0.3, -0.25) is 0 Å². The van der Waals surface area contributed by atoms with E-state index < -0.39 is 23.6 Å². The summed E-state index contributed by atoms with van der Waals surface area (Å²) in [5, 5.41) is 2.39. The van der Waals surface area contributed by atoms with Crippen molar-refractivity contribution in [1.29, 1.82) is 0 Å². The summed E-state index contributed by atoms with van der Waals surface area (Å²) in [6, 6.07) is 1.90. The molecule has 0 aliphatic rings. The number of carbonyl (C=O) groups is 1. The van der Waals surface area contributed by atoms with E-state index in [4.69, 9.17) is 26.8 Å². The second kappa shape index (κ2) is 6.95. The minimum atomic E-state index is -0.726. The van der Waals surface area contributed by atoms with Crippen molar-refractivity contribution in [2.24, 2.45) is 5.73 Å². The fourth-order valence-electron chi connectivity index (χ4n) is 1.68. The van der Waals surface area contributed by atoms with E-state index in [0.29, 0.717) is 11.3 Å². The number of carbonyl (C=O) groups excluding carboxylic acids is 1. The van der Waals surface area contributed by atoms with Gasteiger partial charge in [0.05, 0.1) is 18.2 Å². The molecule has 1 aromatic rings. The Morgan fingerprint density at radius 2 is 2.10 bits per heavy atom. The highest BCUT2D eigenvalue weighted by atomic mass is 35.5. The number of amides is 1. The van der Waals surface area contributed by atoms with Crippen LogP contribution in [0.15, 0.2) is 12.1 Å². The van der Waals surface area contributed by atoms with E-state index in [1.165, 1.54) is 19.2 Å². The average molecular weight is 319 g/mol. The van der Waals surface area contributed by atoms with Gasteiger partial charge < -0.3 is 20.5 Å². The maximum absolute atomic E-state index is 13.5. The molecule has 0 saturated heterocycles. The Kier molecular flexibility index (Phi) is 5.80. The van der Waals surface area contributed by atoms with Gasteiger partial charge in [-0.2, -0.15) is 0 Å². The molecular weight excluding hydrogens is 299 g/mol. The Labute approximate surface area is 128 Å². The first-order chi connectivity index (χ1) is 9.65. The molecule has 3 N–H and O–H groups in total. The number of hydrogen-bond donors (Lipinski definition) is 2. The number of ether oxygens (including phenoxy) is 2. The van der Waals surface area contributed by atoms with Crippen LogP contribution in [-0.4, -0.2) is 25.3 Å². The molecule has 0 radical (unpaired) electrons. The number of nitrogens with one attached hydrogen (secondary N) is 1. The summed E-state index contributed by atoms with van der Waals surface area (Å²) in [4.78, 5) is 11.6. The highest BCUT2D eigenvalue weighted by Crippen LogP contribution is 2.32. The lowest BCUT2D eigenvalue weighted by atomic mass is 10.1. The Hall–Kier alpha value is -1.53. The summed E-state index contributed by atoms with van der Waals surface area (Å²) in [6.45, 7) is 5.28. The molecule has 1 rings (SSSR count). The molecule has 0 aliphatic heterocycles. The number of benzene rings is 1. The Morgan fingerprint density at radius 3 is 2.62 bits per heavy atom. The Morgan fingerprint density at radius 1 is 1.48 bits per heavy atom. The predicted molar refractivity (Wildman–Crippen MR) is 79.1 cm³/mol. The molecule has 5 nitrogen and oxygen atoms in total. The highest BCUT2D eigenvalue weighted by molar-refractivity contribution is 6.31. The molecule has 1 atom stereocenters. The number of hydrogen-bond acceptors (Lipinski definition) is 4.